The van der Waals surface area contributed by atoms with E-state index in [-0.39, 0.29) is 17.9 Å². The molecule has 1 aliphatic heterocycles. The predicted molar refractivity (Wildman–Crippen MR) is 124 cm³/mol. The smallest absolute Gasteiger partial charge is 0.269 e. The Balaban J connectivity index is 1.40. The maximum Gasteiger partial charge on any atom is 0.269 e. The van der Waals surface area contributed by atoms with E-state index < -0.39 is 0 Å². The van der Waals surface area contributed by atoms with E-state index in [4.69, 9.17) is 4.98 Å². The molecule has 2 aromatic heterocycles. The summed E-state index contributed by atoms with van der Waals surface area (Å²) in [5.74, 6) is 0.0257. The number of rotatable bonds is 6. The van der Waals surface area contributed by atoms with E-state index in [0.29, 0.717) is 18.3 Å². The van der Waals surface area contributed by atoms with Crippen LogP contribution in [0.25, 0.3) is 11.1 Å². The highest BCUT2D eigenvalue weighted by Crippen LogP contribution is 2.32. The third-order valence-electron chi connectivity index (χ3n) is 6.90. The standard InChI is InChI=1S/C25H33N5O2/c1-26-25(32)22-13-11-19(16-28-22)18-10-12-21(27-15-18)23-9-6-14-30(23)17-24(31)29(2)20-7-4-3-5-8-20/h10-13,15-16,20,23H,3-9,14,17H2,1-2H3,(H,26,32)/t23-/m1/s1. The number of hydrogen-bond acceptors (Lipinski definition) is 5. The van der Waals surface area contributed by atoms with Crippen molar-refractivity contribution in [3.63, 3.8) is 0 Å². The van der Waals surface area contributed by atoms with E-state index in [1.54, 1.807) is 19.3 Å². The molecular weight excluding hydrogens is 402 g/mol. The molecule has 2 aromatic rings. The zero-order valence-electron chi connectivity index (χ0n) is 19.1. The van der Waals surface area contributed by atoms with Gasteiger partial charge in [-0.25, -0.2) is 0 Å². The molecule has 1 saturated heterocycles. The molecule has 0 radical (unpaired) electrons. The summed E-state index contributed by atoms with van der Waals surface area (Å²) in [6, 6.07) is 8.29. The summed E-state index contributed by atoms with van der Waals surface area (Å²) in [6.45, 7) is 1.40. The molecule has 32 heavy (non-hydrogen) atoms. The first-order chi connectivity index (χ1) is 15.6. The lowest BCUT2D eigenvalue weighted by Crippen LogP contribution is -2.44. The van der Waals surface area contributed by atoms with Crippen molar-refractivity contribution in [3.05, 3.63) is 48.0 Å². The van der Waals surface area contributed by atoms with Crippen molar-refractivity contribution in [2.45, 2.75) is 57.0 Å². The lowest BCUT2D eigenvalue weighted by atomic mass is 9.94. The number of nitrogens with one attached hydrogen (secondary N) is 1. The number of amides is 2. The van der Waals surface area contributed by atoms with Crippen molar-refractivity contribution in [1.82, 2.24) is 25.1 Å². The number of hydrogen-bond donors (Lipinski definition) is 1. The molecule has 4 rings (SSSR count). The molecular formula is C25H33N5O2. The molecule has 170 valence electrons. The predicted octanol–water partition coefficient (Wildman–Crippen LogP) is 3.43. The summed E-state index contributed by atoms with van der Waals surface area (Å²) in [7, 11) is 3.56. The Morgan fingerprint density at radius 1 is 1.00 bits per heavy atom. The van der Waals surface area contributed by atoms with Crippen LogP contribution in [-0.4, -0.2) is 64.8 Å². The zero-order valence-corrected chi connectivity index (χ0v) is 19.1. The van der Waals surface area contributed by atoms with Gasteiger partial charge >= 0.3 is 0 Å². The fourth-order valence-electron chi connectivity index (χ4n) is 4.91. The summed E-state index contributed by atoms with van der Waals surface area (Å²) < 4.78 is 0. The number of carbonyl (C=O) groups excluding carboxylic acids is 2. The Labute approximate surface area is 190 Å². The molecule has 1 N–H and O–H groups in total. The molecule has 3 heterocycles. The van der Waals surface area contributed by atoms with Crippen LogP contribution in [0.1, 0.15) is 67.2 Å². The van der Waals surface area contributed by atoms with Crippen LogP contribution in [0, 0.1) is 0 Å². The lowest BCUT2D eigenvalue weighted by molar-refractivity contribution is -0.134. The second-order valence-corrected chi connectivity index (χ2v) is 8.91. The minimum Gasteiger partial charge on any atom is -0.354 e. The molecule has 0 unspecified atom stereocenters. The third-order valence-corrected chi connectivity index (χ3v) is 6.90. The average molecular weight is 436 g/mol. The largest absolute Gasteiger partial charge is 0.354 e. The van der Waals surface area contributed by atoms with Crippen molar-refractivity contribution < 1.29 is 9.59 Å². The molecule has 0 spiro atoms. The highest BCUT2D eigenvalue weighted by atomic mass is 16.2. The number of aromatic nitrogens is 2. The summed E-state index contributed by atoms with van der Waals surface area (Å²) in [5, 5.41) is 2.58. The highest BCUT2D eigenvalue weighted by molar-refractivity contribution is 5.92. The van der Waals surface area contributed by atoms with Crippen LogP contribution in [0.15, 0.2) is 36.7 Å². The van der Waals surface area contributed by atoms with Crippen molar-refractivity contribution in [2.75, 3.05) is 27.2 Å². The van der Waals surface area contributed by atoms with Crippen LogP contribution in [-0.2, 0) is 4.79 Å². The first-order valence-electron chi connectivity index (χ1n) is 11.7. The molecule has 2 amide bonds. The van der Waals surface area contributed by atoms with Crippen molar-refractivity contribution in [1.29, 1.82) is 0 Å². The van der Waals surface area contributed by atoms with E-state index in [1.165, 1.54) is 19.3 Å². The molecule has 1 saturated carbocycles. The maximum absolute atomic E-state index is 12.9. The number of likely N-dealkylation sites (tertiary alicyclic amines) is 1. The second-order valence-electron chi connectivity index (χ2n) is 8.91. The van der Waals surface area contributed by atoms with Gasteiger partial charge in [0.15, 0.2) is 0 Å². The summed E-state index contributed by atoms with van der Waals surface area (Å²) in [6.07, 6.45) is 11.7. The second kappa shape index (κ2) is 10.2. The highest BCUT2D eigenvalue weighted by Gasteiger charge is 2.31. The van der Waals surface area contributed by atoms with E-state index >= 15 is 0 Å². The van der Waals surface area contributed by atoms with Gasteiger partial charge in [0.2, 0.25) is 5.91 Å². The fourth-order valence-corrected chi connectivity index (χ4v) is 4.91. The van der Waals surface area contributed by atoms with Crippen LogP contribution >= 0.6 is 0 Å². The van der Waals surface area contributed by atoms with Gasteiger partial charge in [-0.3, -0.25) is 24.5 Å². The quantitative estimate of drug-likeness (QED) is 0.752. The summed E-state index contributed by atoms with van der Waals surface area (Å²) >= 11 is 0. The first kappa shape index (κ1) is 22.4. The molecule has 2 fully saturated rings. The number of nitrogens with zero attached hydrogens (tertiary/aromatic N) is 4. The molecule has 2 aliphatic rings. The van der Waals surface area contributed by atoms with E-state index in [0.717, 1.165) is 49.0 Å². The van der Waals surface area contributed by atoms with E-state index in [9.17, 15) is 9.59 Å². The monoisotopic (exact) mass is 435 g/mol. The minimum absolute atomic E-state index is 0.182. The Kier molecular flexibility index (Phi) is 7.15. The van der Waals surface area contributed by atoms with Crippen LogP contribution < -0.4 is 5.32 Å². The Hall–Kier alpha value is -2.80. The molecule has 0 bridgehead atoms. The zero-order chi connectivity index (χ0) is 22.5. The van der Waals surface area contributed by atoms with Gasteiger partial charge in [-0.2, -0.15) is 0 Å². The average Bonchev–Trinajstić information content (AvgIpc) is 3.31. The third kappa shape index (κ3) is 4.99. The Morgan fingerprint density at radius 3 is 2.34 bits per heavy atom. The number of likely N-dealkylation sites (N-methyl/N-ethyl adjacent to an activating group) is 1. The van der Waals surface area contributed by atoms with Gasteiger partial charge in [0.1, 0.15) is 5.69 Å². The van der Waals surface area contributed by atoms with E-state index in [1.807, 2.05) is 30.3 Å². The van der Waals surface area contributed by atoms with Crippen molar-refractivity contribution in [3.8, 4) is 11.1 Å². The normalized spacial score (nSPS) is 19.6. The van der Waals surface area contributed by atoms with Gasteiger partial charge in [-0.05, 0) is 44.4 Å². The summed E-state index contributed by atoms with van der Waals surface area (Å²) in [4.78, 5) is 37.8. The van der Waals surface area contributed by atoms with Gasteiger partial charge in [0, 0.05) is 43.7 Å². The summed E-state index contributed by atoms with van der Waals surface area (Å²) in [5.41, 5.74) is 3.28. The molecule has 7 heteroatoms. The number of pyridine rings is 2. The molecule has 1 atom stereocenters. The van der Waals surface area contributed by atoms with Gasteiger partial charge in [-0.15, -0.1) is 0 Å². The maximum atomic E-state index is 12.9. The van der Waals surface area contributed by atoms with Crippen LogP contribution in [0.4, 0.5) is 0 Å². The first-order valence-corrected chi connectivity index (χ1v) is 11.7. The van der Waals surface area contributed by atoms with Crippen LogP contribution in [0.2, 0.25) is 0 Å². The van der Waals surface area contributed by atoms with Crippen LogP contribution in [0.5, 0.6) is 0 Å². The Bertz CT molecular complexity index is 922. The molecule has 7 nitrogen and oxygen atoms in total. The van der Waals surface area contributed by atoms with Gasteiger partial charge in [0.05, 0.1) is 18.3 Å². The number of carbonyl (C=O) groups is 2. The fraction of sp³-hybridized carbons (Fsp3) is 0.520. The molecule has 0 aromatic carbocycles. The van der Waals surface area contributed by atoms with Crippen molar-refractivity contribution in [2.24, 2.45) is 0 Å². The van der Waals surface area contributed by atoms with Gasteiger partial charge in [0.25, 0.3) is 5.91 Å². The lowest BCUT2D eigenvalue weighted by Gasteiger charge is -2.33. The van der Waals surface area contributed by atoms with Gasteiger partial charge in [-0.1, -0.05) is 31.4 Å². The van der Waals surface area contributed by atoms with Crippen LogP contribution in [0.3, 0.4) is 0 Å². The SMILES string of the molecule is CNC(=O)c1ccc(-c2ccc([C@H]3CCCN3CC(=O)N(C)C3CCCCC3)nc2)cn1. The van der Waals surface area contributed by atoms with Crippen molar-refractivity contribution >= 4 is 11.8 Å². The van der Waals surface area contributed by atoms with E-state index in [2.05, 4.69) is 21.3 Å². The topological polar surface area (TPSA) is 78.4 Å². The minimum atomic E-state index is -0.199. The Morgan fingerprint density at radius 2 is 1.72 bits per heavy atom. The van der Waals surface area contributed by atoms with Gasteiger partial charge < -0.3 is 10.2 Å². The molecule has 1 aliphatic carbocycles.